The number of benzene rings is 1. The highest BCUT2D eigenvalue weighted by Gasteiger charge is 2.19. The van der Waals surface area contributed by atoms with E-state index in [1.165, 1.54) is 6.92 Å². The van der Waals surface area contributed by atoms with E-state index >= 15 is 0 Å². The van der Waals surface area contributed by atoms with Crippen molar-refractivity contribution in [2.75, 3.05) is 0 Å². The minimum atomic E-state index is -1.31. The normalized spacial score (nSPS) is 14.7. The molecule has 3 rings (SSSR count). The molecule has 1 aliphatic carbocycles. The molecular formula is C23H23BrFN3O. The second-order valence-corrected chi connectivity index (χ2v) is 7.90. The van der Waals surface area contributed by atoms with E-state index in [9.17, 15) is 14.4 Å². The summed E-state index contributed by atoms with van der Waals surface area (Å²) in [5.74, 6) is 0.592. The molecule has 0 amide bonds. The highest BCUT2D eigenvalue weighted by Crippen LogP contribution is 2.28. The largest absolute Gasteiger partial charge is 0.291 e. The van der Waals surface area contributed by atoms with Crippen molar-refractivity contribution in [3.8, 4) is 6.07 Å². The predicted molar refractivity (Wildman–Crippen MR) is 116 cm³/mol. The Morgan fingerprint density at radius 1 is 1.28 bits per heavy atom. The quantitative estimate of drug-likeness (QED) is 0.563. The average Bonchev–Trinajstić information content (AvgIpc) is 2.73. The lowest BCUT2D eigenvalue weighted by molar-refractivity contribution is 0.360. The summed E-state index contributed by atoms with van der Waals surface area (Å²) in [6.45, 7) is 3.75. The van der Waals surface area contributed by atoms with Crippen molar-refractivity contribution in [3.63, 3.8) is 0 Å². The van der Waals surface area contributed by atoms with E-state index < -0.39 is 6.17 Å². The molecule has 1 aromatic carbocycles. The van der Waals surface area contributed by atoms with Crippen molar-refractivity contribution in [2.24, 2.45) is 0 Å². The molecule has 0 spiro atoms. The number of allylic oxidation sites excluding steroid dienone is 4. The van der Waals surface area contributed by atoms with E-state index in [1.54, 1.807) is 4.57 Å². The molecule has 0 N–H and O–H groups in total. The number of aromatic nitrogens is 2. The summed E-state index contributed by atoms with van der Waals surface area (Å²) in [6, 6.07) is 10.1. The van der Waals surface area contributed by atoms with Crippen LogP contribution in [0.4, 0.5) is 4.39 Å². The van der Waals surface area contributed by atoms with Crippen LogP contribution in [-0.4, -0.2) is 9.55 Å². The van der Waals surface area contributed by atoms with Gasteiger partial charge in [0.1, 0.15) is 16.5 Å². The number of nitrogens with zero attached hydrogens (tertiary/aromatic N) is 3. The molecule has 0 fully saturated rings. The summed E-state index contributed by atoms with van der Waals surface area (Å²) in [5, 5.41) is 9.34. The van der Waals surface area contributed by atoms with Crippen LogP contribution in [0.25, 0.3) is 5.57 Å². The first kappa shape index (κ1) is 21.2. The van der Waals surface area contributed by atoms with E-state index in [2.05, 4.69) is 33.1 Å². The van der Waals surface area contributed by atoms with E-state index in [4.69, 9.17) is 0 Å². The maximum Gasteiger partial charge on any atom is 0.268 e. The summed E-state index contributed by atoms with van der Waals surface area (Å²) >= 11 is 3.23. The molecule has 1 heterocycles. The second-order valence-electron chi connectivity index (χ2n) is 7.11. The lowest BCUT2D eigenvalue weighted by Gasteiger charge is -2.16. The summed E-state index contributed by atoms with van der Waals surface area (Å²) in [5.41, 5.74) is 3.49. The SMILES string of the molecule is CCCc1nc(C(C)F)c(Br)c(=O)n1Cc1ccc(C2=CCCC=C2C#N)cc1. The van der Waals surface area contributed by atoms with Crippen molar-refractivity contribution in [1.82, 2.24) is 9.55 Å². The first-order chi connectivity index (χ1) is 14.0. The van der Waals surface area contributed by atoms with Crippen LogP contribution in [0.15, 0.2) is 51.3 Å². The van der Waals surface area contributed by atoms with Crippen LogP contribution in [-0.2, 0) is 13.0 Å². The Morgan fingerprint density at radius 2 is 1.97 bits per heavy atom. The highest BCUT2D eigenvalue weighted by molar-refractivity contribution is 9.10. The molecule has 2 aromatic rings. The summed E-state index contributed by atoms with van der Waals surface area (Å²) in [7, 11) is 0. The molecule has 0 bridgehead atoms. The number of rotatable bonds is 6. The van der Waals surface area contributed by atoms with Crippen LogP contribution in [0.5, 0.6) is 0 Å². The molecule has 1 unspecified atom stereocenters. The third-order valence-electron chi connectivity index (χ3n) is 4.95. The molecule has 1 aromatic heterocycles. The van der Waals surface area contributed by atoms with Gasteiger partial charge < -0.3 is 0 Å². The molecule has 150 valence electrons. The van der Waals surface area contributed by atoms with Gasteiger partial charge in [-0.2, -0.15) is 5.26 Å². The smallest absolute Gasteiger partial charge is 0.268 e. The zero-order valence-electron chi connectivity index (χ0n) is 16.6. The van der Waals surface area contributed by atoms with Gasteiger partial charge in [-0.05, 0) is 58.8 Å². The van der Waals surface area contributed by atoms with Gasteiger partial charge >= 0.3 is 0 Å². The predicted octanol–water partition coefficient (Wildman–Crippen LogP) is 5.66. The van der Waals surface area contributed by atoms with Gasteiger partial charge in [-0.15, -0.1) is 0 Å². The Hall–Kier alpha value is -2.52. The van der Waals surface area contributed by atoms with Gasteiger partial charge in [0.15, 0.2) is 0 Å². The lowest BCUT2D eigenvalue weighted by Crippen LogP contribution is -2.28. The van der Waals surface area contributed by atoms with Crippen LogP contribution < -0.4 is 5.56 Å². The molecule has 0 saturated heterocycles. The Labute approximate surface area is 178 Å². The van der Waals surface area contributed by atoms with Crippen LogP contribution >= 0.6 is 15.9 Å². The van der Waals surface area contributed by atoms with Crippen molar-refractivity contribution in [1.29, 1.82) is 5.26 Å². The molecule has 6 heteroatoms. The average molecular weight is 456 g/mol. The minimum absolute atomic E-state index is 0.158. The van der Waals surface area contributed by atoms with Gasteiger partial charge in [0.05, 0.1) is 23.9 Å². The molecule has 4 nitrogen and oxygen atoms in total. The maximum absolute atomic E-state index is 13.9. The Balaban J connectivity index is 1.93. The molecular weight excluding hydrogens is 433 g/mol. The van der Waals surface area contributed by atoms with Gasteiger partial charge in [-0.1, -0.05) is 43.3 Å². The molecule has 29 heavy (non-hydrogen) atoms. The van der Waals surface area contributed by atoms with Crippen LogP contribution in [0, 0.1) is 11.3 Å². The highest BCUT2D eigenvalue weighted by atomic mass is 79.9. The maximum atomic E-state index is 13.9. The molecule has 0 saturated carbocycles. The van der Waals surface area contributed by atoms with E-state index in [0.717, 1.165) is 36.0 Å². The summed E-state index contributed by atoms with van der Waals surface area (Å²) < 4.78 is 15.6. The Kier molecular flexibility index (Phi) is 6.81. The minimum Gasteiger partial charge on any atom is -0.291 e. The van der Waals surface area contributed by atoms with Crippen molar-refractivity contribution in [3.05, 3.63) is 79.5 Å². The zero-order chi connectivity index (χ0) is 21.0. The summed E-state index contributed by atoms with van der Waals surface area (Å²) in [4.78, 5) is 17.3. The standard InChI is InChI=1S/C23H23BrFN3O/c1-3-6-20-27-22(15(2)25)21(24)23(29)28(20)14-16-9-11-17(12-10-16)19-8-5-4-7-18(19)13-26/h7-12,15H,3-6,14H2,1-2H3. The van der Waals surface area contributed by atoms with Crippen LogP contribution in [0.3, 0.4) is 0 Å². The fourth-order valence-electron chi connectivity index (χ4n) is 3.46. The number of halogens is 2. The van der Waals surface area contributed by atoms with Gasteiger partial charge in [0, 0.05) is 6.42 Å². The summed E-state index contributed by atoms with van der Waals surface area (Å²) in [6.07, 6.45) is 5.98. The monoisotopic (exact) mass is 455 g/mol. The van der Waals surface area contributed by atoms with Gasteiger partial charge in [0.25, 0.3) is 5.56 Å². The second kappa shape index (κ2) is 9.32. The van der Waals surface area contributed by atoms with Crippen LogP contribution in [0.1, 0.15) is 61.9 Å². The van der Waals surface area contributed by atoms with Gasteiger partial charge in [0.2, 0.25) is 0 Å². The van der Waals surface area contributed by atoms with Gasteiger partial charge in [-0.3, -0.25) is 9.36 Å². The van der Waals surface area contributed by atoms with E-state index in [-0.39, 0.29) is 15.7 Å². The number of alkyl halides is 1. The number of hydrogen-bond donors (Lipinski definition) is 0. The van der Waals surface area contributed by atoms with Crippen LogP contribution in [0.2, 0.25) is 0 Å². The Bertz CT molecular complexity index is 1060. The van der Waals surface area contributed by atoms with Crippen molar-refractivity contribution >= 4 is 21.5 Å². The molecule has 0 radical (unpaired) electrons. The molecule has 0 aliphatic heterocycles. The first-order valence-electron chi connectivity index (χ1n) is 9.79. The first-order valence-corrected chi connectivity index (χ1v) is 10.6. The van der Waals surface area contributed by atoms with E-state index in [0.29, 0.717) is 24.4 Å². The Morgan fingerprint density at radius 3 is 2.59 bits per heavy atom. The zero-order valence-corrected chi connectivity index (χ0v) is 18.2. The van der Waals surface area contributed by atoms with Gasteiger partial charge in [-0.25, -0.2) is 9.37 Å². The third kappa shape index (κ3) is 4.56. The van der Waals surface area contributed by atoms with Crippen molar-refractivity contribution < 1.29 is 4.39 Å². The number of nitriles is 1. The fraction of sp³-hybridized carbons (Fsp3) is 0.348. The number of aryl methyl sites for hydroxylation is 1. The topological polar surface area (TPSA) is 58.7 Å². The molecule has 1 aliphatic rings. The number of hydrogen-bond acceptors (Lipinski definition) is 3. The fourth-order valence-corrected chi connectivity index (χ4v) is 4.08. The van der Waals surface area contributed by atoms with E-state index in [1.807, 2.05) is 37.3 Å². The lowest BCUT2D eigenvalue weighted by atomic mass is 9.92. The van der Waals surface area contributed by atoms with Crippen molar-refractivity contribution in [2.45, 2.75) is 52.2 Å². The third-order valence-corrected chi connectivity index (χ3v) is 5.69. The molecule has 1 atom stereocenters.